The molecule has 1 heterocycles. The van der Waals surface area contributed by atoms with Gasteiger partial charge in [0.15, 0.2) is 0 Å². The minimum Gasteiger partial charge on any atom is -0.314 e. The van der Waals surface area contributed by atoms with Gasteiger partial charge in [0.25, 0.3) is 5.69 Å². The second-order valence-electron chi connectivity index (χ2n) is 4.54. The summed E-state index contributed by atoms with van der Waals surface area (Å²) in [6.07, 6.45) is 0. The van der Waals surface area contributed by atoms with Gasteiger partial charge in [0.05, 0.1) is 4.92 Å². The number of sulfonamides is 1. The summed E-state index contributed by atoms with van der Waals surface area (Å²) < 4.78 is 39.8. The van der Waals surface area contributed by atoms with Gasteiger partial charge in [-0.2, -0.15) is 4.31 Å². The number of rotatable bonds is 3. The molecular weight excluding hydrogens is 289 g/mol. The van der Waals surface area contributed by atoms with Gasteiger partial charge in [0, 0.05) is 37.8 Å². The first-order valence-electron chi connectivity index (χ1n) is 6.00. The molecule has 0 saturated carbocycles. The van der Waals surface area contributed by atoms with E-state index >= 15 is 0 Å². The molecule has 0 radical (unpaired) electrons. The number of hydrogen-bond acceptors (Lipinski definition) is 5. The van der Waals surface area contributed by atoms with Crippen LogP contribution in [-0.4, -0.2) is 43.3 Å². The van der Waals surface area contributed by atoms with Crippen LogP contribution in [0, 0.1) is 15.9 Å². The normalized spacial score (nSPS) is 20.8. The zero-order valence-corrected chi connectivity index (χ0v) is 11.6. The number of halogens is 1. The monoisotopic (exact) mass is 303 g/mol. The average molecular weight is 303 g/mol. The predicted molar refractivity (Wildman–Crippen MR) is 69.3 cm³/mol. The molecule has 110 valence electrons. The Labute approximate surface area is 115 Å². The van der Waals surface area contributed by atoms with Crippen LogP contribution in [0.5, 0.6) is 0 Å². The molecule has 0 spiro atoms. The zero-order valence-electron chi connectivity index (χ0n) is 10.7. The average Bonchev–Trinajstić information content (AvgIpc) is 2.39. The summed E-state index contributed by atoms with van der Waals surface area (Å²) in [4.78, 5) is 9.29. The standard InChI is InChI=1S/C11H14FN3O4S/c1-8-7-13-4-5-14(8)20(18,19)11-6-9(15(16)17)2-3-10(11)12/h2-3,6,8,13H,4-5,7H2,1H3. The van der Waals surface area contributed by atoms with Crippen molar-refractivity contribution in [1.29, 1.82) is 0 Å². The zero-order chi connectivity index (χ0) is 14.9. The molecule has 1 aliphatic heterocycles. The maximum absolute atomic E-state index is 13.8. The molecular formula is C11H14FN3O4S. The minimum atomic E-state index is -4.08. The van der Waals surface area contributed by atoms with Gasteiger partial charge in [-0.1, -0.05) is 0 Å². The topological polar surface area (TPSA) is 92.6 Å². The Morgan fingerprint density at radius 3 is 2.80 bits per heavy atom. The summed E-state index contributed by atoms with van der Waals surface area (Å²) >= 11 is 0. The van der Waals surface area contributed by atoms with E-state index in [0.717, 1.165) is 22.5 Å². The highest BCUT2D eigenvalue weighted by molar-refractivity contribution is 7.89. The van der Waals surface area contributed by atoms with Gasteiger partial charge in [-0.15, -0.1) is 0 Å². The van der Waals surface area contributed by atoms with E-state index in [2.05, 4.69) is 5.32 Å². The van der Waals surface area contributed by atoms with E-state index in [1.807, 2.05) is 0 Å². The Bertz CT molecular complexity index is 635. The van der Waals surface area contributed by atoms with E-state index in [1.54, 1.807) is 6.92 Å². The van der Waals surface area contributed by atoms with Crippen molar-refractivity contribution in [3.05, 3.63) is 34.1 Å². The van der Waals surface area contributed by atoms with Crippen molar-refractivity contribution in [2.45, 2.75) is 17.9 Å². The molecule has 9 heteroatoms. The number of non-ortho nitro benzene ring substituents is 1. The van der Waals surface area contributed by atoms with Crippen molar-refractivity contribution in [2.75, 3.05) is 19.6 Å². The highest BCUT2D eigenvalue weighted by atomic mass is 32.2. The van der Waals surface area contributed by atoms with Gasteiger partial charge in [0.2, 0.25) is 10.0 Å². The van der Waals surface area contributed by atoms with E-state index in [1.165, 1.54) is 0 Å². The SMILES string of the molecule is CC1CNCCN1S(=O)(=O)c1cc([N+](=O)[O-])ccc1F. The first-order chi connectivity index (χ1) is 9.34. The van der Waals surface area contributed by atoms with Crippen molar-refractivity contribution >= 4 is 15.7 Å². The highest BCUT2D eigenvalue weighted by Gasteiger charge is 2.33. The molecule has 1 aliphatic rings. The Morgan fingerprint density at radius 2 is 2.20 bits per heavy atom. The lowest BCUT2D eigenvalue weighted by Gasteiger charge is -2.32. The van der Waals surface area contributed by atoms with Crippen LogP contribution in [0.25, 0.3) is 0 Å². The van der Waals surface area contributed by atoms with Crippen LogP contribution in [0.1, 0.15) is 6.92 Å². The Kier molecular flexibility index (Phi) is 4.02. The molecule has 7 nitrogen and oxygen atoms in total. The summed E-state index contributed by atoms with van der Waals surface area (Å²) in [5.74, 6) is -0.985. The number of nitro groups is 1. The fraction of sp³-hybridized carbons (Fsp3) is 0.455. The van der Waals surface area contributed by atoms with Crippen molar-refractivity contribution in [3.8, 4) is 0 Å². The van der Waals surface area contributed by atoms with Crippen LogP contribution in [0.3, 0.4) is 0 Å². The maximum atomic E-state index is 13.8. The second-order valence-corrected chi connectivity index (χ2v) is 6.40. The van der Waals surface area contributed by atoms with Crippen LogP contribution in [0.15, 0.2) is 23.1 Å². The van der Waals surface area contributed by atoms with Crippen LogP contribution in [-0.2, 0) is 10.0 Å². The van der Waals surface area contributed by atoms with Gasteiger partial charge < -0.3 is 5.32 Å². The molecule has 0 aliphatic carbocycles. The molecule has 1 saturated heterocycles. The predicted octanol–water partition coefficient (Wildman–Crippen LogP) is 0.716. The van der Waals surface area contributed by atoms with E-state index in [9.17, 15) is 22.9 Å². The Balaban J connectivity index is 2.48. The van der Waals surface area contributed by atoms with Gasteiger partial charge in [-0.25, -0.2) is 12.8 Å². The molecule has 0 amide bonds. The lowest BCUT2D eigenvalue weighted by atomic mass is 10.3. The summed E-state index contributed by atoms with van der Waals surface area (Å²) in [6, 6.07) is 2.17. The van der Waals surface area contributed by atoms with Gasteiger partial charge in [-0.05, 0) is 13.0 Å². The summed E-state index contributed by atoms with van der Waals surface area (Å²) in [6.45, 7) is 2.81. The second kappa shape index (κ2) is 5.43. The first kappa shape index (κ1) is 14.8. The molecule has 0 bridgehead atoms. The van der Waals surface area contributed by atoms with E-state index in [-0.39, 0.29) is 12.6 Å². The molecule has 1 aromatic rings. The van der Waals surface area contributed by atoms with Gasteiger partial charge in [0.1, 0.15) is 10.7 Å². The smallest absolute Gasteiger partial charge is 0.270 e. The molecule has 1 N–H and O–H groups in total. The number of nitro benzene ring substituents is 1. The first-order valence-corrected chi connectivity index (χ1v) is 7.44. The molecule has 20 heavy (non-hydrogen) atoms. The maximum Gasteiger partial charge on any atom is 0.270 e. The third-order valence-corrected chi connectivity index (χ3v) is 5.18. The molecule has 2 rings (SSSR count). The molecule has 0 aromatic heterocycles. The van der Waals surface area contributed by atoms with Crippen molar-refractivity contribution in [3.63, 3.8) is 0 Å². The van der Waals surface area contributed by atoms with Gasteiger partial charge in [-0.3, -0.25) is 10.1 Å². The fourth-order valence-corrected chi connectivity index (χ4v) is 3.83. The van der Waals surface area contributed by atoms with Gasteiger partial charge >= 0.3 is 0 Å². The molecule has 1 fully saturated rings. The molecule has 1 aromatic carbocycles. The Hall–Kier alpha value is -1.58. The summed E-state index contributed by atoms with van der Waals surface area (Å²) in [7, 11) is -4.08. The fourth-order valence-electron chi connectivity index (χ4n) is 2.11. The third kappa shape index (κ3) is 2.65. The third-order valence-electron chi connectivity index (χ3n) is 3.15. The quantitative estimate of drug-likeness (QED) is 0.656. The van der Waals surface area contributed by atoms with Crippen molar-refractivity contribution < 1.29 is 17.7 Å². The molecule has 1 atom stereocenters. The van der Waals surface area contributed by atoms with Crippen LogP contribution >= 0.6 is 0 Å². The summed E-state index contributed by atoms with van der Waals surface area (Å²) in [5.41, 5.74) is -0.451. The molecule has 1 unspecified atom stereocenters. The lowest BCUT2D eigenvalue weighted by Crippen LogP contribution is -2.52. The number of piperazine rings is 1. The lowest BCUT2D eigenvalue weighted by molar-refractivity contribution is -0.385. The largest absolute Gasteiger partial charge is 0.314 e. The van der Waals surface area contributed by atoms with Crippen LogP contribution < -0.4 is 5.32 Å². The number of hydrogen-bond donors (Lipinski definition) is 1. The minimum absolute atomic E-state index is 0.200. The number of benzene rings is 1. The summed E-state index contributed by atoms with van der Waals surface area (Å²) in [5, 5.41) is 13.7. The van der Waals surface area contributed by atoms with Crippen molar-refractivity contribution in [1.82, 2.24) is 9.62 Å². The van der Waals surface area contributed by atoms with E-state index in [4.69, 9.17) is 0 Å². The highest BCUT2D eigenvalue weighted by Crippen LogP contribution is 2.25. The van der Waals surface area contributed by atoms with Crippen LogP contribution in [0.4, 0.5) is 10.1 Å². The number of nitrogens with one attached hydrogen (secondary N) is 1. The van der Waals surface area contributed by atoms with Crippen LogP contribution in [0.2, 0.25) is 0 Å². The van der Waals surface area contributed by atoms with Crippen molar-refractivity contribution in [2.24, 2.45) is 0 Å². The van der Waals surface area contributed by atoms with E-state index < -0.39 is 31.3 Å². The Morgan fingerprint density at radius 1 is 1.50 bits per heavy atom. The van der Waals surface area contributed by atoms with E-state index in [0.29, 0.717) is 13.1 Å². The number of nitrogens with zero attached hydrogens (tertiary/aromatic N) is 2.